The molecule has 0 spiro atoms. The molecule has 3 rings (SSSR count). The van der Waals surface area contributed by atoms with E-state index in [0.29, 0.717) is 31.2 Å². The van der Waals surface area contributed by atoms with E-state index in [2.05, 4.69) is 20.9 Å². The Morgan fingerprint density at radius 2 is 2.08 bits per heavy atom. The first-order valence-corrected chi connectivity index (χ1v) is 10.4. The van der Waals surface area contributed by atoms with Gasteiger partial charge in [-0.25, -0.2) is 0 Å². The molecule has 150 valence electrons. The number of piperidine rings is 2. The number of hydrogen-bond donors (Lipinski definition) is 3. The normalized spacial score (nSPS) is 32.8. The fourth-order valence-corrected chi connectivity index (χ4v) is 4.25. The number of nitrogens with one attached hydrogen (secondary N) is 3. The highest BCUT2D eigenvalue weighted by Crippen LogP contribution is 2.25. The van der Waals surface area contributed by atoms with Crippen LogP contribution >= 0.6 is 0 Å². The first kappa shape index (κ1) is 20.0. The number of likely N-dealkylation sites (tertiary alicyclic amines) is 1. The Morgan fingerprint density at radius 1 is 1.19 bits per heavy atom. The van der Waals surface area contributed by atoms with Crippen molar-refractivity contribution >= 4 is 5.91 Å². The molecule has 3 N–H and O–H groups in total. The molecule has 4 atom stereocenters. The van der Waals surface area contributed by atoms with Crippen LogP contribution in [0.4, 0.5) is 0 Å². The van der Waals surface area contributed by atoms with Crippen LogP contribution < -0.4 is 16.0 Å². The predicted octanol–water partition coefficient (Wildman–Crippen LogP) is -0.0399. The van der Waals surface area contributed by atoms with Crippen LogP contribution in [0.2, 0.25) is 0 Å². The van der Waals surface area contributed by atoms with Gasteiger partial charge in [-0.15, -0.1) is 0 Å². The SMILES string of the molecule is CC(=O)NCCOC1CCNC(C2CNCCC2OCCN2CCC2)C1. The van der Waals surface area contributed by atoms with Crippen LogP contribution in [0.5, 0.6) is 0 Å². The number of carbonyl (C=O) groups excluding carboxylic acids is 1. The Bertz CT molecular complexity index is 433. The number of hydrogen-bond acceptors (Lipinski definition) is 6. The standard InChI is InChI=1S/C19H36N4O3/c1-15(24)21-7-11-25-16-3-6-22-18(13-16)17-14-20-5-4-19(17)26-12-10-23-8-2-9-23/h16-20,22H,2-14H2,1H3,(H,21,24). The van der Waals surface area contributed by atoms with Gasteiger partial charge in [-0.2, -0.15) is 0 Å². The summed E-state index contributed by atoms with van der Waals surface area (Å²) in [6.07, 6.45) is 5.12. The molecule has 7 heteroatoms. The molecule has 7 nitrogen and oxygen atoms in total. The molecule has 3 aliphatic heterocycles. The van der Waals surface area contributed by atoms with Crippen molar-refractivity contribution in [3.05, 3.63) is 0 Å². The lowest BCUT2D eigenvalue weighted by Crippen LogP contribution is -2.55. The van der Waals surface area contributed by atoms with Crippen LogP contribution in [0, 0.1) is 5.92 Å². The van der Waals surface area contributed by atoms with Crippen LogP contribution in [-0.4, -0.2) is 88.1 Å². The summed E-state index contributed by atoms with van der Waals surface area (Å²) in [6, 6.07) is 0.441. The van der Waals surface area contributed by atoms with Gasteiger partial charge in [0.1, 0.15) is 0 Å². The maximum absolute atomic E-state index is 10.9. The van der Waals surface area contributed by atoms with E-state index in [4.69, 9.17) is 9.47 Å². The lowest BCUT2D eigenvalue weighted by molar-refractivity contribution is -0.119. The Hall–Kier alpha value is -0.730. The van der Waals surface area contributed by atoms with Gasteiger partial charge < -0.3 is 30.3 Å². The summed E-state index contributed by atoms with van der Waals surface area (Å²) in [6.45, 7) is 10.2. The Balaban J connectivity index is 1.41. The smallest absolute Gasteiger partial charge is 0.216 e. The molecular weight excluding hydrogens is 332 g/mol. The van der Waals surface area contributed by atoms with Crippen molar-refractivity contribution in [2.75, 3.05) is 59.0 Å². The fourth-order valence-electron chi connectivity index (χ4n) is 4.25. The molecule has 0 aromatic heterocycles. The third-order valence-corrected chi connectivity index (χ3v) is 5.89. The summed E-state index contributed by atoms with van der Waals surface area (Å²) in [7, 11) is 0. The molecule has 0 aromatic rings. The van der Waals surface area contributed by atoms with E-state index >= 15 is 0 Å². The van der Waals surface area contributed by atoms with E-state index in [1.165, 1.54) is 19.5 Å². The lowest BCUT2D eigenvalue weighted by atomic mass is 9.83. The van der Waals surface area contributed by atoms with E-state index in [1.807, 2.05) is 0 Å². The summed E-state index contributed by atoms with van der Waals surface area (Å²) < 4.78 is 12.3. The van der Waals surface area contributed by atoms with Crippen molar-refractivity contribution in [3.8, 4) is 0 Å². The number of amides is 1. The van der Waals surface area contributed by atoms with Gasteiger partial charge in [0.25, 0.3) is 0 Å². The Morgan fingerprint density at radius 3 is 2.85 bits per heavy atom. The van der Waals surface area contributed by atoms with E-state index in [9.17, 15) is 4.79 Å². The van der Waals surface area contributed by atoms with Gasteiger partial charge >= 0.3 is 0 Å². The molecule has 0 radical (unpaired) electrons. The van der Waals surface area contributed by atoms with Gasteiger partial charge in [0.05, 0.1) is 25.4 Å². The summed E-state index contributed by atoms with van der Waals surface area (Å²) in [5.74, 6) is 0.505. The fraction of sp³-hybridized carbons (Fsp3) is 0.947. The van der Waals surface area contributed by atoms with Crippen LogP contribution in [0.1, 0.15) is 32.6 Å². The van der Waals surface area contributed by atoms with Gasteiger partial charge in [-0.05, 0) is 51.9 Å². The van der Waals surface area contributed by atoms with Gasteiger partial charge in [0.15, 0.2) is 0 Å². The molecule has 3 aliphatic rings. The zero-order valence-electron chi connectivity index (χ0n) is 16.2. The minimum atomic E-state index is 0.00304. The van der Waals surface area contributed by atoms with E-state index < -0.39 is 0 Å². The van der Waals surface area contributed by atoms with Gasteiger partial charge in [-0.1, -0.05) is 0 Å². The van der Waals surface area contributed by atoms with Gasteiger partial charge in [0.2, 0.25) is 5.91 Å². The number of ether oxygens (including phenoxy) is 2. The third kappa shape index (κ3) is 6.16. The molecule has 0 saturated carbocycles. The molecular formula is C19H36N4O3. The summed E-state index contributed by atoms with van der Waals surface area (Å²) >= 11 is 0. The largest absolute Gasteiger partial charge is 0.376 e. The number of carbonyl (C=O) groups is 1. The van der Waals surface area contributed by atoms with Crippen molar-refractivity contribution in [1.82, 2.24) is 20.9 Å². The molecule has 26 heavy (non-hydrogen) atoms. The first-order valence-electron chi connectivity index (χ1n) is 10.4. The van der Waals surface area contributed by atoms with E-state index in [1.54, 1.807) is 6.92 Å². The summed E-state index contributed by atoms with van der Waals surface area (Å²) in [5, 5.41) is 10.0. The highest BCUT2D eigenvalue weighted by Gasteiger charge is 2.35. The van der Waals surface area contributed by atoms with E-state index in [0.717, 1.165) is 52.0 Å². The predicted molar refractivity (Wildman–Crippen MR) is 101 cm³/mol. The second-order valence-corrected chi connectivity index (χ2v) is 7.82. The monoisotopic (exact) mass is 368 g/mol. The number of nitrogens with zero attached hydrogens (tertiary/aromatic N) is 1. The van der Waals surface area contributed by atoms with Gasteiger partial charge in [0, 0.05) is 38.5 Å². The van der Waals surface area contributed by atoms with Crippen molar-refractivity contribution in [3.63, 3.8) is 0 Å². The topological polar surface area (TPSA) is 74.9 Å². The minimum absolute atomic E-state index is 0.00304. The molecule has 4 unspecified atom stereocenters. The second kappa shape index (κ2) is 10.6. The second-order valence-electron chi connectivity index (χ2n) is 7.82. The van der Waals surface area contributed by atoms with Gasteiger partial charge in [-0.3, -0.25) is 4.79 Å². The van der Waals surface area contributed by atoms with Crippen molar-refractivity contribution in [2.45, 2.75) is 50.9 Å². The first-order chi connectivity index (χ1) is 12.7. The maximum Gasteiger partial charge on any atom is 0.216 e. The van der Waals surface area contributed by atoms with Crippen molar-refractivity contribution < 1.29 is 14.3 Å². The molecule has 3 saturated heterocycles. The zero-order chi connectivity index (χ0) is 18.2. The van der Waals surface area contributed by atoms with Crippen LogP contribution in [0.15, 0.2) is 0 Å². The molecule has 0 aliphatic carbocycles. The highest BCUT2D eigenvalue weighted by atomic mass is 16.5. The molecule has 3 fully saturated rings. The number of rotatable bonds is 9. The minimum Gasteiger partial charge on any atom is -0.376 e. The molecule has 0 aromatic carbocycles. The molecule has 1 amide bonds. The summed E-state index contributed by atoms with van der Waals surface area (Å²) in [4.78, 5) is 13.4. The maximum atomic E-state index is 10.9. The van der Waals surface area contributed by atoms with Crippen LogP contribution in [0.25, 0.3) is 0 Å². The Kier molecular flexibility index (Phi) is 8.13. The third-order valence-electron chi connectivity index (χ3n) is 5.89. The van der Waals surface area contributed by atoms with Crippen molar-refractivity contribution in [1.29, 1.82) is 0 Å². The van der Waals surface area contributed by atoms with Crippen molar-refractivity contribution in [2.24, 2.45) is 5.92 Å². The average Bonchev–Trinajstić information content (AvgIpc) is 2.61. The molecule has 3 heterocycles. The lowest BCUT2D eigenvalue weighted by Gasteiger charge is -2.41. The summed E-state index contributed by atoms with van der Waals surface area (Å²) in [5.41, 5.74) is 0. The van der Waals surface area contributed by atoms with E-state index in [-0.39, 0.29) is 12.0 Å². The Labute approximate surface area is 157 Å². The average molecular weight is 369 g/mol. The van der Waals surface area contributed by atoms with Crippen LogP contribution in [0.3, 0.4) is 0 Å². The highest BCUT2D eigenvalue weighted by molar-refractivity contribution is 5.72. The quantitative estimate of drug-likeness (QED) is 0.496. The zero-order valence-corrected chi connectivity index (χ0v) is 16.2. The van der Waals surface area contributed by atoms with Crippen LogP contribution in [-0.2, 0) is 14.3 Å². The molecule has 0 bridgehead atoms.